The highest BCUT2D eigenvalue weighted by Crippen LogP contribution is 2.17. The molecule has 20 heavy (non-hydrogen) atoms. The Morgan fingerprint density at radius 1 is 1.30 bits per heavy atom. The monoisotopic (exact) mass is 333 g/mol. The lowest BCUT2D eigenvalue weighted by Gasteiger charge is -2.04. The SMILES string of the molecule is O=C(Nc1ccc2oc(=O)[nH]c2c1)c1ccc(Br)cn1. The van der Waals surface area contributed by atoms with E-state index in [0.717, 1.165) is 4.47 Å². The van der Waals surface area contributed by atoms with Crippen molar-refractivity contribution in [3.63, 3.8) is 0 Å². The van der Waals surface area contributed by atoms with Gasteiger partial charge in [0.2, 0.25) is 0 Å². The number of anilines is 1. The Morgan fingerprint density at radius 2 is 2.15 bits per heavy atom. The van der Waals surface area contributed by atoms with Crippen LogP contribution in [-0.4, -0.2) is 15.9 Å². The van der Waals surface area contributed by atoms with E-state index in [0.29, 0.717) is 22.5 Å². The van der Waals surface area contributed by atoms with E-state index in [2.05, 4.69) is 31.2 Å². The van der Waals surface area contributed by atoms with Crippen LogP contribution in [0.15, 0.2) is 50.2 Å². The van der Waals surface area contributed by atoms with E-state index in [1.807, 2.05) is 0 Å². The highest BCUT2D eigenvalue weighted by Gasteiger charge is 2.09. The van der Waals surface area contributed by atoms with E-state index in [4.69, 9.17) is 4.42 Å². The number of benzene rings is 1. The molecular weight excluding hydrogens is 326 g/mol. The molecule has 0 aliphatic heterocycles. The minimum Gasteiger partial charge on any atom is -0.408 e. The smallest absolute Gasteiger partial charge is 0.408 e. The number of oxazole rings is 1. The fraction of sp³-hybridized carbons (Fsp3) is 0. The maximum atomic E-state index is 12.0. The number of hydrogen-bond acceptors (Lipinski definition) is 4. The zero-order chi connectivity index (χ0) is 14.1. The van der Waals surface area contributed by atoms with Crippen LogP contribution in [0.5, 0.6) is 0 Å². The Kier molecular flexibility index (Phi) is 3.11. The lowest BCUT2D eigenvalue weighted by atomic mass is 10.2. The Balaban J connectivity index is 1.86. The molecule has 100 valence electrons. The number of nitrogens with zero attached hydrogens (tertiary/aromatic N) is 1. The topological polar surface area (TPSA) is 88.0 Å². The number of carbonyl (C=O) groups is 1. The van der Waals surface area contributed by atoms with Crippen LogP contribution in [0.3, 0.4) is 0 Å². The molecule has 6 nitrogen and oxygen atoms in total. The fourth-order valence-electron chi connectivity index (χ4n) is 1.74. The predicted octanol–water partition coefficient (Wildman–Crippen LogP) is 2.53. The summed E-state index contributed by atoms with van der Waals surface area (Å²) in [7, 11) is 0. The Morgan fingerprint density at radius 3 is 2.90 bits per heavy atom. The number of halogens is 1. The van der Waals surface area contributed by atoms with Gasteiger partial charge in [-0.15, -0.1) is 0 Å². The first-order valence-corrected chi connectivity index (χ1v) is 6.47. The van der Waals surface area contributed by atoms with Crippen molar-refractivity contribution in [2.75, 3.05) is 5.32 Å². The van der Waals surface area contributed by atoms with Crippen molar-refractivity contribution in [2.45, 2.75) is 0 Å². The molecule has 0 fully saturated rings. The number of hydrogen-bond donors (Lipinski definition) is 2. The number of pyridine rings is 1. The Bertz CT molecular complexity index is 836. The number of fused-ring (bicyclic) bond motifs is 1. The molecule has 0 bridgehead atoms. The average molecular weight is 334 g/mol. The van der Waals surface area contributed by atoms with Crippen molar-refractivity contribution in [2.24, 2.45) is 0 Å². The van der Waals surface area contributed by atoms with Gasteiger partial charge in [0.05, 0.1) is 5.52 Å². The number of H-pyrrole nitrogens is 1. The third-order valence-electron chi connectivity index (χ3n) is 2.64. The molecule has 1 amide bonds. The first-order valence-electron chi connectivity index (χ1n) is 5.67. The molecule has 1 aromatic carbocycles. The number of amides is 1. The minimum absolute atomic E-state index is 0.300. The summed E-state index contributed by atoms with van der Waals surface area (Å²) in [5, 5.41) is 2.70. The van der Waals surface area contributed by atoms with Gasteiger partial charge in [0.15, 0.2) is 5.58 Å². The first kappa shape index (κ1) is 12.6. The van der Waals surface area contributed by atoms with E-state index >= 15 is 0 Å². The van der Waals surface area contributed by atoms with Gasteiger partial charge in [0.25, 0.3) is 5.91 Å². The van der Waals surface area contributed by atoms with E-state index in [1.165, 1.54) is 0 Å². The fourth-order valence-corrected chi connectivity index (χ4v) is 1.97. The average Bonchev–Trinajstić information content (AvgIpc) is 2.78. The molecule has 0 saturated carbocycles. The molecule has 3 rings (SSSR count). The quantitative estimate of drug-likeness (QED) is 0.754. The summed E-state index contributed by atoms with van der Waals surface area (Å²) in [6.45, 7) is 0. The summed E-state index contributed by atoms with van der Waals surface area (Å²) in [5.41, 5.74) is 1.81. The van der Waals surface area contributed by atoms with Crippen LogP contribution in [-0.2, 0) is 0 Å². The Hall–Kier alpha value is -2.41. The zero-order valence-electron chi connectivity index (χ0n) is 10.0. The summed E-state index contributed by atoms with van der Waals surface area (Å²) >= 11 is 3.25. The molecule has 0 radical (unpaired) electrons. The molecule has 0 atom stereocenters. The van der Waals surface area contributed by atoms with Crippen molar-refractivity contribution in [1.29, 1.82) is 0 Å². The summed E-state index contributed by atoms with van der Waals surface area (Å²) < 4.78 is 5.68. The van der Waals surface area contributed by atoms with Crippen LogP contribution >= 0.6 is 15.9 Å². The molecule has 0 unspecified atom stereocenters. The molecular formula is C13H8BrN3O3. The van der Waals surface area contributed by atoms with Gasteiger partial charge in [0, 0.05) is 16.4 Å². The van der Waals surface area contributed by atoms with Crippen molar-refractivity contribution in [3.05, 3.63) is 57.2 Å². The number of rotatable bonds is 2. The van der Waals surface area contributed by atoms with Crippen LogP contribution < -0.4 is 11.1 Å². The summed E-state index contributed by atoms with van der Waals surface area (Å²) in [6.07, 6.45) is 1.55. The first-order chi connectivity index (χ1) is 9.61. The number of aromatic amines is 1. The van der Waals surface area contributed by atoms with E-state index < -0.39 is 5.76 Å². The van der Waals surface area contributed by atoms with Crippen molar-refractivity contribution < 1.29 is 9.21 Å². The van der Waals surface area contributed by atoms with Crippen molar-refractivity contribution in [3.8, 4) is 0 Å². The normalized spacial score (nSPS) is 10.7. The maximum absolute atomic E-state index is 12.0. The number of aromatic nitrogens is 2. The van der Waals surface area contributed by atoms with E-state index in [1.54, 1.807) is 36.5 Å². The Labute approximate surface area is 121 Å². The van der Waals surface area contributed by atoms with E-state index in [9.17, 15) is 9.59 Å². The molecule has 0 aliphatic rings. The number of nitrogens with one attached hydrogen (secondary N) is 2. The van der Waals surface area contributed by atoms with Gasteiger partial charge in [-0.3, -0.25) is 9.78 Å². The van der Waals surface area contributed by atoms with Gasteiger partial charge < -0.3 is 9.73 Å². The van der Waals surface area contributed by atoms with Gasteiger partial charge in [-0.1, -0.05) is 0 Å². The van der Waals surface area contributed by atoms with Crippen molar-refractivity contribution >= 4 is 38.6 Å². The second kappa shape index (κ2) is 4.93. The van der Waals surface area contributed by atoms with Crippen LogP contribution in [0.25, 0.3) is 11.1 Å². The largest absolute Gasteiger partial charge is 0.417 e. The van der Waals surface area contributed by atoms with Gasteiger partial charge in [-0.05, 0) is 46.3 Å². The molecule has 0 saturated heterocycles. The molecule has 7 heteroatoms. The van der Waals surface area contributed by atoms with Gasteiger partial charge in [0.1, 0.15) is 5.69 Å². The van der Waals surface area contributed by atoms with Crippen molar-refractivity contribution in [1.82, 2.24) is 9.97 Å². The summed E-state index contributed by atoms with van der Waals surface area (Å²) in [5.74, 6) is -0.860. The molecule has 2 aromatic heterocycles. The van der Waals surface area contributed by atoms with Crippen LogP contribution in [0.1, 0.15) is 10.5 Å². The predicted molar refractivity (Wildman–Crippen MR) is 76.7 cm³/mol. The van der Waals surface area contributed by atoms with Crippen LogP contribution in [0, 0.1) is 0 Å². The lowest BCUT2D eigenvalue weighted by molar-refractivity contribution is 0.102. The molecule has 2 heterocycles. The standard InChI is InChI=1S/C13H8BrN3O3/c14-7-1-3-9(15-6-7)12(18)16-8-2-4-11-10(5-8)17-13(19)20-11/h1-6H,(H,16,18)(H,17,19). The maximum Gasteiger partial charge on any atom is 0.417 e. The summed E-state index contributed by atoms with van der Waals surface area (Å²) in [4.78, 5) is 29.6. The molecule has 3 aromatic rings. The van der Waals surface area contributed by atoms with Gasteiger partial charge in [-0.25, -0.2) is 9.78 Å². The highest BCUT2D eigenvalue weighted by atomic mass is 79.9. The second-order valence-corrected chi connectivity index (χ2v) is 4.96. The van der Waals surface area contributed by atoms with Crippen LogP contribution in [0.2, 0.25) is 0 Å². The second-order valence-electron chi connectivity index (χ2n) is 4.04. The highest BCUT2D eigenvalue weighted by molar-refractivity contribution is 9.10. The third kappa shape index (κ3) is 2.48. The minimum atomic E-state index is -0.530. The zero-order valence-corrected chi connectivity index (χ0v) is 11.6. The molecule has 2 N–H and O–H groups in total. The van der Waals surface area contributed by atoms with Gasteiger partial charge >= 0.3 is 5.76 Å². The van der Waals surface area contributed by atoms with Gasteiger partial charge in [-0.2, -0.15) is 0 Å². The van der Waals surface area contributed by atoms with E-state index in [-0.39, 0.29) is 5.91 Å². The molecule has 0 aliphatic carbocycles. The lowest BCUT2D eigenvalue weighted by Crippen LogP contribution is -2.13. The summed E-state index contributed by atoms with van der Waals surface area (Å²) in [6, 6.07) is 8.22. The molecule has 0 spiro atoms. The third-order valence-corrected chi connectivity index (χ3v) is 3.11. The van der Waals surface area contributed by atoms with Crippen LogP contribution in [0.4, 0.5) is 5.69 Å². The number of carbonyl (C=O) groups excluding carboxylic acids is 1.